The van der Waals surface area contributed by atoms with Crippen LogP contribution in [-0.2, 0) is 0 Å². The fourth-order valence-corrected chi connectivity index (χ4v) is 3.44. The molecular weight excluding hydrogens is 304 g/mol. The van der Waals surface area contributed by atoms with E-state index in [1.807, 2.05) is 35.4 Å². The lowest BCUT2D eigenvalue weighted by atomic mass is 10.0. The first kappa shape index (κ1) is 14.8. The summed E-state index contributed by atoms with van der Waals surface area (Å²) in [6, 6.07) is 7.68. The highest BCUT2D eigenvalue weighted by Crippen LogP contribution is 2.37. The van der Waals surface area contributed by atoms with Gasteiger partial charge in [0.2, 0.25) is 0 Å². The smallest absolute Gasteiger partial charge is 0.256 e. The average molecular weight is 322 g/mol. The van der Waals surface area contributed by atoms with Crippen LogP contribution in [0.2, 0.25) is 0 Å². The third kappa shape index (κ3) is 2.24. The number of rotatable bonds is 3. The zero-order chi connectivity index (χ0) is 16.7. The summed E-state index contributed by atoms with van der Waals surface area (Å²) in [6.45, 7) is 4.38. The van der Waals surface area contributed by atoms with Crippen LogP contribution in [0.25, 0.3) is 10.8 Å². The Balaban J connectivity index is 1.89. The minimum absolute atomic E-state index is 0.0530. The van der Waals surface area contributed by atoms with E-state index in [2.05, 4.69) is 11.6 Å². The number of benzene rings is 2. The van der Waals surface area contributed by atoms with Gasteiger partial charge in [-0.1, -0.05) is 6.58 Å². The molecule has 2 heterocycles. The van der Waals surface area contributed by atoms with E-state index in [-0.39, 0.29) is 11.9 Å². The third-order valence-electron chi connectivity index (χ3n) is 4.62. The Hall–Kier alpha value is -2.82. The lowest BCUT2D eigenvalue weighted by molar-refractivity contribution is 0.0775. The lowest BCUT2D eigenvalue weighted by Gasteiger charge is -2.20. The maximum atomic E-state index is 12.9. The molecule has 2 aromatic rings. The molecule has 1 atom stereocenters. The van der Waals surface area contributed by atoms with Gasteiger partial charge in [-0.3, -0.25) is 9.79 Å². The summed E-state index contributed by atoms with van der Waals surface area (Å²) in [7, 11) is 1.59. The first-order chi connectivity index (χ1) is 11.7. The van der Waals surface area contributed by atoms with Crippen LogP contribution < -0.4 is 9.47 Å². The highest BCUT2D eigenvalue weighted by molar-refractivity contribution is 6.07. The number of hydrogen-bond donors (Lipinski definition) is 0. The summed E-state index contributed by atoms with van der Waals surface area (Å²) < 4.78 is 10.8. The van der Waals surface area contributed by atoms with Gasteiger partial charge < -0.3 is 14.4 Å². The minimum Gasteiger partial charge on any atom is -0.493 e. The van der Waals surface area contributed by atoms with Crippen LogP contribution in [0, 0.1) is 0 Å². The van der Waals surface area contributed by atoms with Gasteiger partial charge >= 0.3 is 0 Å². The van der Waals surface area contributed by atoms with Crippen molar-refractivity contribution < 1.29 is 14.3 Å². The predicted octanol–water partition coefficient (Wildman–Crippen LogP) is 3.69. The van der Waals surface area contributed by atoms with Gasteiger partial charge in [0, 0.05) is 12.8 Å². The molecule has 0 radical (unpaired) electrons. The Morgan fingerprint density at radius 1 is 1.25 bits per heavy atom. The van der Waals surface area contributed by atoms with E-state index in [0.717, 1.165) is 30.2 Å². The molecular formula is C19H18N2O3. The van der Waals surface area contributed by atoms with Gasteiger partial charge in [0.05, 0.1) is 30.7 Å². The first-order valence-corrected chi connectivity index (χ1v) is 8.00. The van der Waals surface area contributed by atoms with Crippen molar-refractivity contribution in [2.75, 3.05) is 13.7 Å². The second-order valence-electron chi connectivity index (χ2n) is 5.99. The molecule has 0 N–H and O–H groups in total. The standard InChI is InChI=1S/C19H18N2O3/c1-3-24-18-10-13-8-16-15(7-12(13)9-17(18)23-2)19(22)21-6-4-5-14(21)11-20-16/h3,7-11,14H,1,4-6H2,2H3/t14-/m0/s1. The number of amides is 1. The van der Waals surface area contributed by atoms with Crippen LogP contribution in [0.15, 0.2) is 42.1 Å². The molecule has 2 aromatic carbocycles. The number of aliphatic imine (C=N–C) groups is 1. The van der Waals surface area contributed by atoms with Crippen LogP contribution in [0.1, 0.15) is 23.2 Å². The monoisotopic (exact) mass is 322 g/mol. The summed E-state index contributed by atoms with van der Waals surface area (Å²) in [4.78, 5) is 19.3. The zero-order valence-corrected chi connectivity index (χ0v) is 13.5. The molecule has 2 aliphatic heterocycles. The highest BCUT2D eigenvalue weighted by atomic mass is 16.5. The largest absolute Gasteiger partial charge is 0.493 e. The topological polar surface area (TPSA) is 51.1 Å². The molecule has 1 fully saturated rings. The zero-order valence-electron chi connectivity index (χ0n) is 13.5. The third-order valence-corrected chi connectivity index (χ3v) is 4.62. The highest BCUT2D eigenvalue weighted by Gasteiger charge is 2.31. The number of methoxy groups -OCH3 is 1. The van der Waals surface area contributed by atoms with E-state index in [1.54, 1.807) is 7.11 Å². The first-order valence-electron chi connectivity index (χ1n) is 8.00. The van der Waals surface area contributed by atoms with Gasteiger partial charge in [-0.2, -0.15) is 0 Å². The maximum absolute atomic E-state index is 12.9. The molecule has 0 aromatic heterocycles. The van der Waals surface area contributed by atoms with Gasteiger partial charge in [0.25, 0.3) is 5.91 Å². The molecule has 4 rings (SSSR count). The summed E-state index contributed by atoms with van der Waals surface area (Å²) in [5.74, 6) is 1.24. The van der Waals surface area contributed by atoms with Crippen molar-refractivity contribution in [1.29, 1.82) is 0 Å². The van der Waals surface area contributed by atoms with Crippen LogP contribution in [0.4, 0.5) is 5.69 Å². The molecule has 0 unspecified atom stereocenters. The predicted molar refractivity (Wildman–Crippen MR) is 93.5 cm³/mol. The van der Waals surface area contributed by atoms with Gasteiger partial charge in [-0.15, -0.1) is 0 Å². The SMILES string of the molecule is C=COc1cc2cc3c(cc2cc1OC)C(=O)N1CCC[C@H]1C=N3. The summed E-state index contributed by atoms with van der Waals surface area (Å²) in [5.41, 5.74) is 1.35. The van der Waals surface area contributed by atoms with E-state index in [4.69, 9.17) is 9.47 Å². The van der Waals surface area contributed by atoms with E-state index in [0.29, 0.717) is 22.7 Å². The van der Waals surface area contributed by atoms with Gasteiger partial charge in [-0.05, 0) is 47.9 Å². The molecule has 1 amide bonds. The molecule has 0 bridgehead atoms. The van der Waals surface area contributed by atoms with E-state index in [1.165, 1.54) is 6.26 Å². The molecule has 0 aliphatic carbocycles. The molecule has 2 aliphatic rings. The summed E-state index contributed by atoms with van der Waals surface area (Å²) >= 11 is 0. The van der Waals surface area contributed by atoms with Crippen LogP contribution in [-0.4, -0.2) is 36.7 Å². The van der Waals surface area contributed by atoms with Crippen molar-refractivity contribution in [2.45, 2.75) is 18.9 Å². The van der Waals surface area contributed by atoms with Gasteiger partial charge in [0.15, 0.2) is 11.5 Å². The second-order valence-corrected chi connectivity index (χ2v) is 5.99. The molecule has 5 heteroatoms. The summed E-state index contributed by atoms with van der Waals surface area (Å²) in [5, 5.41) is 1.86. The number of carbonyl (C=O) groups excluding carboxylic acids is 1. The Morgan fingerprint density at radius 3 is 2.83 bits per heavy atom. The molecule has 0 saturated carbocycles. The van der Waals surface area contributed by atoms with Crippen molar-refractivity contribution in [3.8, 4) is 11.5 Å². The molecule has 24 heavy (non-hydrogen) atoms. The van der Waals surface area contributed by atoms with Crippen LogP contribution in [0.3, 0.4) is 0 Å². The van der Waals surface area contributed by atoms with Crippen LogP contribution in [0.5, 0.6) is 11.5 Å². The Morgan fingerprint density at radius 2 is 2.04 bits per heavy atom. The fourth-order valence-electron chi connectivity index (χ4n) is 3.44. The van der Waals surface area contributed by atoms with Crippen molar-refractivity contribution in [1.82, 2.24) is 4.90 Å². The van der Waals surface area contributed by atoms with Crippen molar-refractivity contribution in [2.24, 2.45) is 4.99 Å². The Bertz CT molecular complexity index is 873. The number of fused-ring (bicyclic) bond motifs is 3. The van der Waals surface area contributed by atoms with Gasteiger partial charge in [0.1, 0.15) is 0 Å². The molecule has 0 spiro atoms. The number of hydrogen-bond acceptors (Lipinski definition) is 4. The average Bonchev–Trinajstić information content (AvgIpc) is 3.02. The maximum Gasteiger partial charge on any atom is 0.256 e. The number of ether oxygens (including phenoxy) is 2. The molecule has 122 valence electrons. The summed E-state index contributed by atoms with van der Waals surface area (Å²) in [6.07, 6.45) is 5.27. The molecule has 5 nitrogen and oxygen atoms in total. The Kier molecular flexibility index (Phi) is 3.49. The number of nitrogens with zero attached hydrogens (tertiary/aromatic N) is 2. The van der Waals surface area contributed by atoms with Crippen LogP contribution >= 0.6 is 0 Å². The fraction of sp³-hybridized carbons (Fsp3) is 0.263. The normalized spacial score (nSPS) is 19.0. The molecule has 1 saturated heterocycles. The van der Waals surface area contributed by atoms with E-state index < -0.39 is 0 Å². The lowest BCUT2D eigenvalue weighted by Crippen LogP contribution is -2.35. The second kappa shape index (κ2) is 5.67. The van der Waals surface area contributed by atoms with Crippen molar-refractivity contribution >= 4 is 28.6 Å². The quantitative estimate of drug-likeness (QED) is 0.810. The van der Waals surface area contributed by atoms with E-state index in [9.17, 15) is 4.79 Å². The number of carbonyl (C=O) groups is 1. The minimum atomic E-state index is 0.0530. The van der Waals surface area contributed by atoms with Gasteiger partial charge in [-0.25, -0.2) is 0 Å². The van der Waals surface area contributed by atoms with Crippen molar-refractivity contribution in [3.05, 3.63) is 42.7 Å². The van der Waals surface area contributed by atoms with E-state index >= 15 is 0 Å². The van der Waals surface area contributed by atoms with Crippen molar-refractivity contribution in [3.63, 3.8) is 0 Å². The Labute approximate surface area is 140 Å².